The van der Waals surface area contributed by atoms with Gasteiger partial charge in [0.15, 0.2) is 0 Å². The summed E-state index contributed by atoms with van der Waals surface area (Å²) >= 11 is 2.80. The molecule has 0 saturated carbocycles. The number of aromatic nitrogens is 1. The van der Waals surface area contributed by atoms with Crippen LogP contribution < -0.4 is 0 Å². The zero-order valence-corrected chi connectivity index (χ0v) is 17.2. The third-order valence-corrected chi connectivity index (χ3v) is 7.05. The normalized spacial score (nSPS) is 19.0. The van der Waals surface area contributed by atoms with E-state index in [9.17, 15) is 9.59 Å². The molecule has 1 spiro atoms. The number of hydrogen-bond donors (Lipinski definition) is 0. The van der Waals surface area contributed by atoms with Gasteiger partial charge in [-0.15, -0.1) is 11.8 Å². The molecule has 2 aliphatic heterocycles. The smallest absolute Gasteiger partial charge is 0.265 e. The molecule has 2 aromatic rings. The van der Waals surface area contributed by atoms with Gasteiger partial charge in [-0.25, -0.2) is 4.37 Å². The average Bonchev–Trinajstić information content (AvgIpc) is 3.28. The van der Waals surface area contributed by atoms with Gasteiger partial charge < -0.3 is 14.5 Å². The fourth-order valence-electron chi connectivity index (χ4n) is 3.71. The summed E-state index contributed by atoms with van der Waals surface area (Å²) in [6.45, 7) is 3.11. The van der Waals surface area contributed by atoms with E-state index >= 15 is 0 Å². The third-order valence-electron chi connectivity index (χ3n) is 5.32. The number of amides is 2. The molecular weight excluding hydrogens is 394 g/mol. The molecule has 2 amide bonds. The minimum absolute atomic E-state index is 0.0420. The van der Waals surface area contributed by atoms with Crippen LogP contribution in [-0.2, 0) is 9.53 Å². The van der Waals surface area contributed by atoms with Gasteiger partial charge in [0.1, 0.15) is 4.88 Å². The van der Waals surface area contributed by atoms with Gasteiger partial charge in [0, 0.05) is 37.3 Å². The van der Waals surface area contributed by atoms with Crippen molar-refractivity contribution in [1.82, 2.24) is 14.2 Å². The first kappa shape index (κ1) is 19.4. The summed E-state index contributed by atoms with van der Waals surface area (Å²) < 4.78 is 10.1. The van der Waals surface area contributed by atoms with Gasteiger partial charge in [-0.3, -0.25) is 9.59 Å². The Morgan fingerprint density at radius 2 is 1.89 bits per heavy atom. The topological polar surface area (TPSA) is 62.7 Å². The van der Waals surface area contributed by atoms with Crippen molar-refractivity contribution in [1.29, 1.82) is 0 Å². The van der Waals surface area contributed by atoms with Gasteiger partial charge in [0.25, 0.3) is 5.91 Å². The molecule has 0 N–H and O–H groups in total. The highest BCUT2D eigenvalue weighted by Crippen LogP contribution is 2.31. The van der Waals surface area contributed by atoms with E-state index in [1.807, 2.05) is 40.1 Å². The summed E-state index contributed by atoms with van der Waals surface area (Å²) in [5.74, 6) is 0.635. The van der Waals surface area contributed by atoms with Crippen LogP contribution in [0.2, 0.25) is 0 Å². The SMILES string of the molecule is O=C(CSc1ccccc1)N1CCOC2(CCN(C(=O)c3ccns3)CC2)C1. The van der Waals surface area contributed by atoms with Gasteiger partial charge in [0.05, 0.1) is 18.0 Å². The van der Waals surface area contributed by atoms with Gasteiger partial charge >= 0.3 is 0 Å². The number of ether oxygens (including phenoxy) is 1. The molecule has 6 nitrogen and oxygen atoms in total. The predicted molar refractivity (Wildman–Crippen MR) is 110 cm³/mol. The number of benzene rings is 1. The molecule has 28 heavy (non-hydrogen) atoms. The van der Waals surface area contributed by atoms with Crippen molar-refractivity contribution in [3.8, 4) is 0 Å². The van der Waals surface area contributed by atoms with Crippen molar-refractivity contribution >= 4 is 35.1 Å². The molecule has 8 heteroatoms. The number of hydrogen-bond acceptors (Lipinski definition) is 6. The number of nitrogens with zero attached hydrogens (tertiary/aromatic N) is 3. The van der Waals surface area contributed by atoms with Crippen LogP contribution in [0, 0.1) is 0 Å². The van der Waals surface area contributed by atoms with Crippen LogP contribution in [0.15, 0.2) is 47.5 Å². The number of rotatable bonds is 4. The number of piperidine rings is 1. The number of carbonyl (C=O) groups is 2. The maximum atomic E-state index is 12.7. The van der Waals surface area contributed by atoms with E-state index in [1.54, 1.807) is 24.0 Å². The highest BCUT2D eigenvalue weighted by atomic mass is 32.2. The molecule has 0 aliphatic carbocycles. The Labute approximate surface area is 173 Å². The molecule has 0 atom stereocenters. The molecule has 2 aliphatic rings. The maximum absolute atomic E-state index is 12.7. The summed E-state index contributed by atoms with van der Waals surface area (Å²) in [7, 11) is 0. The van der Waals surface area contributed by atoms with Crippen molar-refractivity contribution in [2.75, 3.05) is 38.5 Å². The first-order valence-corrected chi connectivity index (χ1v) is 11.2. The Morgan fingerprint density at radius 1 is 1.11 bits per heavy atom. The molecular formula is C20H23N3O3S2. The van der Waals surface area contributed by atoms with E-state index in [1.165, 1.54) is 11.5 Å². The fraction of sp³-hybridized carbons (Fsp3) is 0.450. The monoisotopic (exact) mass is 417 g/mol. The summed E-state index contributed by atoms with van der Waals surface area (Å²) in [6.07, 6.45) is 3.17. The lowest BCUT2D eigenvalue weighted by atomic mass is 9.89. The summed E-state index contributed by atoms with van der Waals surface area (Å²) in [5.41, 5.74) is -0.324. The van der Waals surface area contributed by atoms with Gasteiger partial charge in [-0.05, 0) is 42.6 Å². The van der Waals surface area contributed by atoms with Crippen molar-refractivity contribution in [3.05, 3.63) is 47.5 Å². The van der Waals surface area contributed by atoms with Gasteiger partial charge in [-0.1, -0.05) is 18.2 Å². The van der Waals surface area contributed by atoms with E-state index in [4.69, 9.17) is 4.74 Å². The van der Waals surface area contributed by atoms with Crippen LogP contribution in [-0.4, -0.2) is 70.1 Å². The first-order chi connectivity index (χ1) is 13.7. The number of carbonyl (C=O) groups excluding carboxylic acids is 2. The number of morpholine rings is 1. The maximum Gasteiger partial charge on any atom is 0.265 e. The van der Waals surface area contributed by atoms with Gasteiger partial charge in [-0.2, -0.15) is 0 Å². The number of thioether (sulfide) groups is 1. The molecule has 0 unspecified atom stereocenters. The van der Waals surface area contributed by atoms with Crippen LogP contribution in [0.25, 0.3) is 0 Å². The Balaban J connectivity index is 1.31. The molecule has 3 heterocycles. The molecule has 2 saturated heterocycles. The zero-order valence-electron chi connectivity index (χ0n) is 15.6. The number of likely N-dealkylation sites (tertiary alicyclic amines) is 1. The highest BCUT2D eigenvalue weighted by molar-refractivity contribution is 8.00. The Kier molecular flexibility index (Phi) is 5.99. The third kappa shape index (κ3) is 4.39. The van der Waals surface area contributed by atoms with E-state index < -0.39 is 0 Å². The van der Waals surface area contributed by atoms with Crippen LogP contribution in [0.4, 0.5) is 0 Å². The molecule has 0 bridgehead atoms. The lowest BCUT2D eigenvalue weighted by molar-refractivity contribution is -0.156. The van der Waals surface area contributed by atoms with Crippen molar-refractivity contribution < 1.29 is 14.3 Å². The van der Waals surface area contributed by atoms with Crippen molar-refractivity contribution in [2.24, 2.45) is 0 Å². The van der Waals surface area contributed by atoms with E-state index in [2.05, 4.69) is 4.37 Å². The van der Waals surface area contributed by atoms with E-state index in [0.717, 1.165) is 17.7 Å². The van der Waals surface area contributed by atoms with Crippen molar-refractivity contribution in [2.45, 2.75) is 23.3 Å². The Bertz CT molecular complexity index is 805. The predicted octanol–water partition coefficient (Wildman–Crippen LogP) is 2.77. The largest absolute Gasteiger partial charge is 0.371 e. The molecule has 1 aromatic heterocycles. The minimum Gasteiger partial charge on any atom is -0.371 e. The second-order valence-electron chi connectivity index (χ2n) is 7.12. The first-order valence-electron chi connectivity index (χ1n) is 9.45. The highest BCUT2D eigenvalue weighted by Gasteiger charge is 2.41. The van der Waals surface area contributed by atoms with Crippen LogP contribution in [0.3, 0.4) is 0 Å². The van der Waals surface area contributed by atoms with Gasteiger partial charge in [0.2, 0.25) is 5.91 Å². The second kappa shape index (κ2) is 8.63. The molecule has 1 aromatic carbocycles. The lowest BCUT2D eigenvalue weighted by Crippen LogP contribution is -2.58. The quantitative estimate of drug-likeness (QED) is 0.716. The lowest BCUT2D eigenvalue weighted by Gasteiger charge is -2.47. The minimum atomic E-state index is -0.324. The summed E-state index contributed by atoms with van der Waals surface area (Å²) in [4.78, 5) is 30.8. The fourth-order valence-corrected chi connectivity index (χ4v) is 5.10. The Hall–Kier alpha value is -1.90. The van der Waals surface area contributed by atoms with E-state index in [-0.39, 0.29) is 17.4 Å². The summed E-state index contributed by atoms with van der Waals surface area (Å²) in [6, 6.07) is 11.8. The van der Waals surface area contributed by atoms with Crippen LogP contribution in [0.1, 0.15) is 22.5 Å². The van der Waals surface area contributed by atoms with E-state index in [0.29, 0.717) is 43.4 Å². The average molecular weight is 418 g/mol. The zero-order chi connectivity index (χ0) is 19.4. The molecule has 2 fully saturated rings. The van der Waals surface area contributed by atoms with Crippen molar-refractivity contribution in [3.63, 3.8) is 0 Å². The molecule has 0 radical (unpaired) electrons. The van der Waals surface area contributed by atoms with Crippen LogP contribution >= 0.6 is 23.3 Å². The second-order valence-corrected chi connectivity index (χ2v) is 9.00. The summed E-state index contributed by atoms with van der Waals surface area (Å²) in [5, 5.41) is 0. The van der Waals surface area contributed by atoms with Crippen LogP contribution in [0.5, 0.6) is 0 Å². The molecule has 148 valence electrons. The Morgan fingerprint density at radius 3 is 2.61 bits per heavy atom. The molecule has 4 rings (SSSR count). The standard InChI is InChI=1S/C20H23N3O3S2/c24-18(14-27-16-4-2-1-3-5-16)23-12-13-26-20(15-23)7-10-22(11-8-20)19(25)17-6-9-21-28-17/h1-6,9H,7-8,10-15H2.